The second-order valence-corrected chi connectivity index (χ2v) is 6.60. The lowest BCUT2D eigenvalue weighted by atomic mass is 10.3. The highest BCUT2D eigenvalue weighted by Crippen LogP contribution is 2.41. The molecule has 0 spiro atoms. The molecule has 0 fully saturated rings. The van der Waals surface area contributed by atoms with Crippen LogP contribution in [-0.4, -0.2) is 26.4 Å². The summed E-state index contributed by atoms with van der Waals surface area (Å²) < 4.78 is 27.9. The molecule has 2 aromatic carbocycles. The van der Waals surface area contributed by atoms with E-state index < -0.39 is 8.60 Å². The van der Waals surface area contributed by atoms with Gasteiger partial charge in [-0.25, -0.2) is 0 Å². The third-order valence-electron chi connectivity index (χ3n) is 2.77. The van der Waals surface area contributed by atoms with Crippen LogP contribution in [0.4, 0.5) is 0 Å². The molecule has 1 atom stereocenters. The molecule has 0 radical (unpaired) electrons. The van der Waals surface area contributed by atoms with Crippen LogP contribution in [0.5, 0.6) is 11.5 Å². The lowest BCUT2D eigenvalue weighted by molar-refractivity contribution is 0.220. The third kappa shape index (κ3) is 9.13. The van der Waals surface area contributed by atoms with Gasteiger partial charge in [-0.05, 0) is 30.7 Å². The summed E-state index contributed by atoms with van der Waals surface area (Å²) in [4.78, 5) is 0. The zero-order valence-electron chi connectivity index (χ0n) is 13.9. The van der Waals surface area contributed by atoms with Gasteiger partial charge in [0.15, 0.2) is 9.03 Å². The molecule has 136 valence electrons. The van der Waals surface area contributed by atoms with Crippen LogP contribution in [0.25, 0.3) is 0 Å². The highest BCUT2D eigenvalue weighted by Gasteiger charge is 2.16. The van der Waals surface area contributed by atoms with E-state index in [9.17, 15) is 0 Å². The number of para-hydroxylation sites is 2. The van der Waals surface area contributed by atoms with Gasteiger partial charge in [-0.3, -0.25) is 4.52 Å². The monoisotopic (exact) mass is 383 g/mol. The second-order valence-electron chi connectivity index (χ2n) is 4.79. The molecule has 0 heterocycles. The Balaban J connectivity index is 1.74. The largest absolute Gasteiger partial charge is 0.463 e. The molecule has 1 unspecified atom stereocenters. The van der Waals surface area contributed by atoms with Gasteiger partial charge in [0.25, 0.3) is 0 Å². The van der Waals surface area contributed by atoms with E-state index in [1.165, 1.54) is 0 Å². The molecular formula is C17H23NO5P2. The van der Waals surface area contributed by atoms with Crippen molar-refractivity contribution in [3.05, 3.63) is 60.7 Å². The SMILES string of the molecule is NCCOPOCCCOP(Oc1ccccc1)Oc1ccccc1. The number of benzene rings is 2. The predicted octanol–water partition coefficient (Wildman–Crippen LogP) is 4.28. The van der Waals surface area contributed by atoms with Crippen LogP contribution < -0.4 is 14.8 Å². The number of hydrogen-bond acceptors (Lipinski definition) is 6. The summed E-state index contributed by atoms with van der Waals surface area (Å²) in [7, 11) is -1.54. The van der Waals surface area contributed by atoms with Crippen molar-refractivity contribution in [1.82, 2.24) is 0 Å². The van der Waals surface area contributed by atoms with Crippen molar-refractivity contribution < 1.29 is 22.6 Å². The third-order valence-corrected chi connectivity index (χ3v) is 4.53. The van der Waals surface area contributed by atoms with Gasteiger partial charge in [0.05, 0.1) is 19.8 Å². The number of hydrogen-bond donors (Lipinski definition) is 1. The van der Waals surface area contributed by atoms with E-state index in [2.05, 4.69) is 0 Å². The Labute approximate surface area is 151 Å². The van der Waals surface area contributed by atoms with Crippen LogP contribution in [0.1, 0.15) is 6.42 Å². The normalized spacial score (nSPS) is 11.3. The number of rotatable bonds is 13. The summed E-state index contributed by atoms with van der Waals surface area (Å²) >= 11 is 0. The molecule has 2 rings (SSSR count). The molecule has 2 aromatic rings. The van der Waals surface area contributed by atoms with Crippen LogP contribution in [0, 0.1) is 0 Å². The number of nitrogens with two attached hydrogens (primary N) is 1. The van der Waals surface area contributed by atoms with Crippen molar-refractivity contribution in [3.63, 3.8) is 0 Å². The minimum Gasteiger partial charge on any atom is -0.418 e. The van der Waals surface area contributed by atoms with Gasteiger partial charge < -0.3 is 23.8 Å². The first-order chi connectivity index (χ1) is 12.4. The fourth-order valence-electron chi connectivity index (χ4n) is 1.66. The van der Waals surface area contributed by atoms with Crippen molar-refractivity contribution >= 4 is 17.6 Å². The maximum atomic E-state index is 5.82. The van der Waals surface area contributed by atoms with E-state index in [-0.39, 0.29) is 9.03 Å². The summed E-state index contributed by atoms with van der Waals surface area (Å²) in [5, 5.41) is 0. The van der Waals surface area contributed by atoms with Gasteiger partial charge in [-0.2, -0.15) is 0 Å². The van der Waals surface area contributed by atoms with Gasteiger partial charge in [0.1, 0.15) is 11.5 Å². The molecule has 8 heteroatoms. The average molecular weight is 383 g/mol. The van der Waals surface area contributed by atoms with Crippen molar-refractivity contribution in [3.8, 4) is 11.5 Å². The van der Waals surface area contributed by atoms with Gasteiger partial charge in [0, 0.05) is 6.54 Å². The van der Waals surface area contributed by atoms with E-state index in [4.69, 9.17) is 28.4 Å². The summed E-state index contributed by atoms with van der Waals surface area (Å²) in [5.41, 5.74) is 5.33. The highest BCUT2D eigenvalue weighted by molar-refractivity contribution is 7.42. The topological polar surface area (TPSA) is 72.2 Å². The zero-order chi connectivity index (χ0) is 17.6. The fourth-order valence-corrected chi connectivity index (χ4v) is 3.18. The van der Waals surface area contributed by atoms with E-state index in [1.807, 2.05) is 60.7 Å². The average Bonchev–Trinajstić information content (AvgIpc) is 2.65. The molecule has 25 heavy (non-hydrogen) atoms. The Morgan fingerprint density at radius 2 is 1.32 bits per heavy atom. The van der Waals surface area contributed by atoms with Crippen molar-refractivity contribution in [2.75, 3.05) is 26.4 Å². The maximum Gasteiger partial charge on any atom is 0.463 e. The minimum absolute atomic E-state index is 0.00768. The van der Waals surface area contributed by atoms with Crippen LogP contribution in [-0.2, 0) is 13.6 Å². The van der Waals surface area contributed by atoms with Crippen LogP contribution in [0.3, 0.4) is 0 Å². The zero-order valence-corrected chi connectivity index (χ0v) is 15.8. The van der Waals surface area contributed by atoms with Crippen LogP contribution in [0.2, 0.25) is 0 Å². The fraction of sp³-hybridized carbons (Fsp3) is 0.294. The summed E-state index contributed by atoms with van der Waals surface area (Å²) in [6.07, 6.45) is 0.716. The quantitative estimate of drug-likeness (QED) is 0.411. The molecular weight excluding hydrogens is 360 g/mol. The molecule has 0 aliphatic carbocycles. The van der Waals surface area contributed by atoms with Gasteiger partial charge in [0.2, 0.25) is 0 Å². The molecule has 0 aliphatic rings. The van der Waals surface area contributed by atoms with Crippen LogP contribution in [0.15, 0.2) is 60.7 Å². The standard InChI is InChI=1S/C17H23NO5P2/c18-12-15-20-24-19-13-7-14-21-25(22-16-8-3-1-4-9-16)23-17-10-5-2-6-11-17/h1-6,8-11,24H,7,12-15,18H2. The Morgan fingerprint density at radius 3 is 1.88 bits per heavy atom. The molecule has 0 aliphatic heterocycles. The Kier molecular flexibility index (Phi) is 10.4. The summed E-state index contributed by atoms with van der Waals surface area (Å²) in [6, 6.07) is 18.9. The first kappa shape index (κ1) is 20.1. The first-order valence-electron chi connectivity index (χ1n) is 7.96. The van der Waals surface area contributed by atoms with E-state index in [0.717, 1.165) is 0 Å². The Hall–Kier alpha value is -1.26. The second kappa shape index (κ2) is 13.0. The van der Waals surface area contributed by atoms with Gasteiger partial charge in [-0.15, -0.1) is 0 Å². The lowest BCUT2D eigenvalue weighted by Crippen LogP contribution is -2.05. The van der Waals surface area contributed by atoms with E-state index >= 15 is 0 Å². The molecule has 0 saturated carbocycles. The highest BCUT2D eigenvalue weighted by atomic mass is 31.2. The summed E-state index contributed by atoms with van der Waals surface area (Å²) in [5.74, 6) is 1.41. The molecule has 0 amide bonds. The molecule has 2 N–H and O–H groups in total. The molecule has 0 bridgehead atoms. The molecule has 0 saturated heterocycles. The Bertz CT molecular complexity index is 520. The van der Waals surface area contributed by atoms with Gasteiger partial charge >= 0.3 is 8.60 Å². The van der Waals surface area contributed by atoms with Crippen LogP contribution >= 0.6 is 17.6 Å². The lowest BCUT2D eigenvalue weighted by Gasteiger charge is -2.17. The predicted molar refractivity (Wildman–Crippen MR) is 101 cm³/mol. The maximum absolute atomic E-state index is 5.82. The molecule has 6 nitrogen and oxygen atoms in total. The Morgan fingerprint density at radius 1 is 0.760 bits per heavy atom. The molecule has 0 aromatic heterocycles. The van der Waals surface area contributed by atoms with Gasteiger partial charge in [-0.1, -0.05) is 36.4 Å². The van der Waals surface area contributed by atoms with E-state index in [0.29, 0.717) is 44.3 Å². The summed E-state index contributed by atoms with van der Waals surface area (Å²) in [6.45, 7) is 2.02. The van der Waals surface area contributed by atoms with E-state index in [1.54, 1.807) is 0 Å². The smallest absolute Gasteiger partial charge is 0.418 e. The van der Waals surface area contributed by atoms with Crippen molar-refractivity contribution in [2.45, 2.75) is 6.42 Å². The minimum atomic E-state index is -1.54. The van der Waals surface area contributed by atoms with Crippen molar-refractivity contribution in [1.29, 1.82) is 0 Å². The van der Waals surface area contributed by atoms with Crippen molar-refractivity contribution in [2.24, 2.45) is 5.73 Å². The first-order valence-corrected chi connectivity index (χ1v) is 9.87.